The van der Waals surface area contributed by atoms with E-state index in [1.165, 1.54) is 45.2 Å². The molecule has 1 N–H and O–H groups in total. The highest BCUT2D eigenvalue weighted by molar-refractivity contribution is 6.06. The van der Waals surface area contributed by atoms with Crippen LogP contribution in [0.5, 0.6) is 0 Å². The molecule has 0 rings (SSSR count). The summed E-state index contributed by atoms with van der Waals surface area (Å²) in [6.45, 7) is 20.0. The van der Waals surface area contributed by atoms with Crippen LogP contribution < -0.4 is 5.32 Å². The maximum atomic E-state index is 13.3. The first-order chi connectivity index (χ1) is 16.1. The fourth-order valence-electron chi connectivity index (χ4n) is 3.42. The number of hydrogen-bond donors (Lipinski definition) is 1. The van der Waals surface area contributed by atoms with Crippen molar-refractivity contribution in [3.63, 3.8) is 0 Å². The van der Waals surface area contributed by atoms with Crippen LogP contribution in [0.15, 0.2) is 35.1 Å². The predicted octanol–water partition coefficient (Wildman–Crippen LogP) is 7.09. The summed E-state index contributed by atoms with van der Waals surface area (Å²) < 4.78 is 11.3. The van der Waals surface area contributed by atoms with Crippen molar-refractivity contribution in [1.29, 1.82) is 0 Å². The van der Waals surface area contributed by atoms with E-state index in [1.807, 2.05) is 0 Å². The largest absolute Gasteiger partial charge is 0.456 e. The lowest BCUT2D eigenvalue weighted by molar-refractivity contribution is -0.153. The number of amides is 1. The van der Waals surface area contributed by atoms with Crippen LogP contribution in [0.1, 0.15) is 120 Å². The molecule has 0 heterocycles. The summed E-state index contributed by atoms with van der Waals surface area (Å²) >= 11 is 0. The van der Waals surface area contributed by atoms with Gasteiger partial charge in [0.15, 0.2) is 0 Å². The maximum absolute atomic E-state index is 13.3. The Bertz CT molecular complexity index is 791. The van der Waals surface area contributed by atoms with Gasteiger partial charge >= 0.3 is 11.9 Å². The van der Waals surface area contributed by atoms with Gasteiger partial charge in [-0.3, -0.25) is 4.79 Å². The van der Waals surface area contributed by atoms with Crippen LogP contribution in [0.25, 0.3) is 0 Å². The lowest BCUT2D eigenvalue weighted by Gasteiger charge is -2.25. The number of esters is 2. The third-order valence-corrected chi connectivity index (χ3v) is 5.03. The molecule has 0 bridgehead atoms. The smallest absolute Gasteiger partial charge is 0.339 e. The fraction of sp³-hybridized carbons (Fsp3) is 0.690. The van der Waals surface area contributed by atoms with E-state index in [4.69, 9.17) is 9.47 Å². The van der Waals surface area contributed by atoms with E-state index >= 15 is 0 Å². The zero-order valence-electron chi connectivity index (χ0n) is 23.7. The van der Waals surface area contributed by atoms with Crippen LogP contribution in [-0.4, -0.2) is 29.0 Å². The van der Waals surface area contributed by atoms with Crippen LogP contribution in [0.2, 0.25) is 0 Å². The monoisotopic (exact) mass is 491 g/mol. The van der Waals surface area contributed by atoms with Crippen molar-refractivity contribution in [3.8, 4) is 0 Å². The standard InChI is InChI=1S/C29H49NO5/c1-11-12-13-14-15-16-17-18-19-21(2)24(26(32)34-28(5,6)7)25(22(3)20-30-23(4)31)27(33)35-29(8,9)10/h20H,2,11-19H2,1,3-10H3,(H,30,31)/b22-20+,25-24+. The molecular formula is C29H49NO5. The minimum absolute atomic E-state index is 0.0625. The molecule has 0 aromatic heterocycles. The number of nitrogens with one attached hydrogen (secondary N) is 1. The van der Waals surface area contributed by atoms with Gasteiger partial charge in [-0.15, -0.1) is 0 Å². The molecule has 0 aromatic rings. The third-order valence-electron chi connectivity index (χ3n) is 5.03. The number of carbonyl (C=O) groups is 3. The van der Waals surface area contributed by atoms with Gasteiger partial charge < -0.3 is 14.8 Å². The van der Waals surface area contributed by atoms with Crippen LogP contribution >= 0.6 is 0 Å². The van der Waals surface area contributed by atoms with Gasteiger partial charge in [-0.25, -0.2) is 9.59 Å². The lowest BCUT2D eigenvalue weighted by atomic mass is 9.92. The van der Waals surface area contributed by atoms with Crippen LogP contribution in [0.3, 0.4) is 0 Å². The average molecular weight is 492 g/mol. The summed E-state index contributed by atoms with van der Waals surface area (Å²) in [7, 11) is 0. The molecule has 0 aliphatic rings. The van der Waals surface area contributed by atoms with Crippen molar-refractivity contribution in [2.24, 2.45) is 0 Å². The van der Waals surface area contributed by atoms with Gasteiger partial charge in [0.25, 0.3) is 0 Å². The first-order valence-corrected chi connectivity index (χ1v) is 12.9. The molecule has 0 aliphatic heterocycles. The Morgan fingerprint density at radius 1 is 0.743 bits per heavy atom. The molecule has 0 aliphatic carbocycles. The molecule has 200 valence electrons. The first kappa shape index (κ1) is 32.6. The Balaban J connectivity index is 6.05. The molecule has 6 nitrogen and oxygen atoms in total. The number of rotatable bonds is 14. The Hall–Kier alpha value is -2.37. The average Bonchev–Trinajstić information content (AvgIpc) is 2.69. The molecular weight excluding hydrogens is 442 g/mol. The zero-order chi connectivity index (χ0) is 27.2. The SMILES string of the molecule is C=C(CCCCCCCCCC)/C(C(=O)OC(C)(C)C)=C(C(=O)OC(C)(C)C)/C(C)=C/NC(C)=O. The Morgan fingerprint density at radius 3 is 1.60 bits per heavy atom. The van der Waals surface area contributed by atoms with Gasteiger partial charge in [0.1, 0.15) is 11.2 Å². The summed E-state index contributed by atoms with van der Waals surface area (Å²) in [5.74, 6) is -1.57. The number of ether oxygens (including phenoxy) is 2. The molecule has 0 aromatic carbocycles. The summed E-state index contributed by atoms with van der Waals surface area (Å²) in [6.07, 6.45) is 11.2. The first-order valence-electron chi connectivity index (χ1n) is 12.9. The lowest BCUT2D eigenvalue weighted by Crippen LogP contribution is -2.30. The van der Waals surface area contributed by atoms with E-state index in [0.717, 1.165) is 19.3 Å². The highest BCUT2D eigenvalue weighted by atomic mass is 16.6. The van der Waals surface area contributed by atoms with E-state index in [9.17, 15) is 14.4 Å². The molecule has 0 saturated carbocycles. The van der Waals surface area contributed by atoms with E-state index in [0.29, 0.717) is 17.6 Å². The van der Waals surface area contributed by atoms with E-state index in [2.05, 4.69) is 18.8 Å². The topological polar surface area (TPSA) is 81.7 Å². The van der Waals surface area contributed by atoms with Gasteiger partial charge in [0.05, 0.1) is 11.1 Å². The van der Waals surface area contributed by atoms with E-state index in [-0.39, 0.29) is 17.1 Å². The van der Waals surface area contributed by atoms with Crippen LogP contribution in [-0.2, 0) is 23.9 Å². The fourth-order valence-corrected chi connectivity index (χ4v) is 3.42. The Morgan fingerprint density at radius 2 is 1.17 bits per heavy atom. The highest BCUT2D eigenvalue weighted by Crippen LogP contribution is 2.29. The Kier molecular flexibility index (Phi) is 14.5. The molecule has 0 fully saturated rings. The highest BCUT2D eigenvalue weighted by Gasteiger charge is 2.31. The van der Waals surface area contributed by atoms with Crippen molar-refractivity contribution < 1.29 is 23.9 Å². The quantitative estimate of drug-likeness (QED) is 0.121. The van der Waals surface area contributed by atoms with Crippen molar-refractivity contribution in [3.05, 3.63) is 35.1 Å². The second-order valence-electron chi connectivity index (χ2n) is 11.1. The van der Waals surface area contributed by atoms with Crippen molar-refractivity contribution >= 4 is 17.8 Å². The van der Waals surface area contributed by atoms with Crippen LogP contribution in [0, 0.1) is 0 Å². The molecule has 0 spiro atoms. The second-order valence-corrected chi connectivity index (χ2v) is 11.1. The molecule has 0 atom stereocenters. The summed E-state index contributed by atoms with van der Waals surface area (Å²) in [5.41, 5.74) is -0.428. The van der Waals surface area contributed by atoms with Crippen molar-refractivity contribution in [1.82, 2.24) is 5.32 Å². The molecule has 0 radical (unpaired) electrons. The molecule has 6 heteroatoms. The minimum atomic E-state index is -0.769. The van der Waals surface area contributed by atoms with E-state index in [1.54, 1.807) is 48.5 Å². The Labute approximate surface area is 213 Å². The van der Waals surface area contributed by atoms with Gasteiger partial charge in [-0.2, -0.15) is 0 Å². The normalized spacial score (nSPS) is 13.1. The number of hydrogen-bond acceptors (Lipinski definition) is 5. The summed E-state index contributed by atoms with van der Waals surface area (Å²) in [6, 6.07) is 0. The van der Waals surface area contributed by atoms with Gasteiger partial charge in [0.2, 0.25) is 5.91 Å². The van der Waals surface area contributed by atoms with E-state index < -0.39 is 23.1 Å². The molecule has 1 amide bonds. The maximum Gasteiger partial charge on any atom is 0.339 e. The number of unbranched alkanes of at least 4 members (excludes halogenated alkanes) is 7. The van der Waals surface area contributed by atoms with Crippen molar-refractivity contribution in [2.75, 3.05) is 0 Å². The predicted molar refractivity (Wildman–Crippen MR) is 143 cm³/mol. The summed E-state index contributed by atoms with van der Waals surface area (Å²) in [5, 5.41) is 2.58. The van der Waals surface area contributed by atoms with Gasteiger partial charge in [-0.1, -0.05) is 58.4 Å². The third kappa shape index (κ3) is 15.3. The van der Waals surface area contributed by atoms with Crippen molar-refractivity contribution in [2.45, 2.75) is 131 Å². The molecule has 0 saturated heterocycles. The summed E-state index contributed by atoms with van der Waals surface area (Å²) in [4.78, 5) is 38.1. The zero-order valence-corrected chi connectivity index (χ0v) is 23.7. The second kappa shape index (κ2) is 15.6. The number of carbonyl (C=O) groups excluding carboxylic acids is 3. The van der Waals surface area contributed by atoms with Crippen LogP contribution in [0.4, 0.5) is 0 Å². The van der Waals surface area contributed by atoms with Gasteiger partial charge in [-0.05, 0) is 72.5 Å². The minimum Gasteiger partial charge on any atom is -0.456 e. The molecule has 35 heavy (non-hydrogen) atoms. The van der Waals surface area contributed by atoms with Gasteiger partial charge in [0, 0.05) is 13.1 Å². The molecule has 0 unspecified atom stereocenters.